The minimum absolute atomic E-state index is 0.00417. The van der Waals surface area contributed by atoms with E-state index in [0.717, 1.165) is 42.6 Å². The molecule has 1 fully saturated rings. The first-order chi connectivity index (χ1) is 14.1. The average Bonchev–Trinajstić information content (AvgIpc) is 2.75. The van der Waals surface area contributed by atoms with Crippen LogP contribution in [0.1, 0.15) is 44.1 Å². The summed E-state index contributed by atoms with van der Waals surface area (Å²) in [6, 6.07) is 17.2. The zero-order chi connectivity index (χ0) is 20.5. The molecule has 0 aliphatic heterocycles. The summed E-state index contributed by atoms with van der Waals surface area (Å²) in [6.45, 7) is 0. The van der Waals surface area contributed by atoms with Gasteiger partial charge in [0.05, 0.1) is 0 Å². The largest absolute Gasteiger partial charge is 0.332 e. The number of benzene rings is 2. The van der Waals surface area contributed by atoms with E-state index in [1.165, 1.54) is 6.42 Å². The van der Waals surface area contributed by atoms with Gasteiger partial charge in [-0.25, -0.2) is 0 Å². The quantitative estimate of drug-likeness (QED) is 0.608. The molecule has 6 heteroatoms. The van der Waals surface area contributed by atoms with Crippen molar-refractivity contribution in [2.24, 2.45) is 5.92 Å². The molecule has 2 aromatic carbocycles. The van der Waals surface area contributed by atoms with Crippen LogP contribution < -0.4 is 16.0 Å². The lowest BCUT2D eigenvalue weighted by Gasteiger charge is -2.21. The van der Waals surface area contributed by atoms with Crippen molar-refractivity contribution in [3.05, 3.63) is 60.2 Å². The molecule has 1 aliphatic carbocycles. The second kappa shape index (κ2) is 10.7. The Kier molecular flexibility index (Phi) is 7.76. The van der Waals surface area contributed by atoms with Crippen LogP contribution in [0.2, 0.25) is 0 Å². The fourth-order valence-corrected chi connectivity index (χ4v) is 3.72. The Balaban J connectivity index is 1.42. The maximum Gasteiger partial charge on any atom is 0.229 e. The van der Waals surface area contributed by atoms with Crippen LogP contribution in [0.3, 0.4) is 0 Å². The van der Waals surface area contributed by atoms with Crippen LogP contribution in [0.4, 0.5) is 11.4 Å². The van der Waals surface area contributed by atoms with Crippen LogP contribution in [0.25, 0.3) is 0 Å². The Labute approximate surface area is 177 Å². The topological polar surface area (TPSA) is 70.2 Å². The fourth-order valence-electron chi connectivity index (χ4n) is 3.50. The maximum absolute atomic E-state index is 12.3. The van der Waals surface area contributed by atoms with Crippen molar-refractivity contribution in [1.29, 1.82) is 0 Å². The molecule has 3 N–H and O–H groups in total. The maximum atomic E-state index is 12.3. The highest BCUT2D eigenvalue weighted by atomic mass is 32.1. The Morgan fingerprint density at radius 1 is 0.862 bits per heavy atom. The number of amides is 2. The molecule has 2 amide bonds. The van der Waals surface area contributed by atoms with Crippen LogP contribution in [-0.2, 0) is 16.0 Å². The molecule has 0 bridgehead atoms. The molecule has 152 valence electrons. The van der Waals surface area contributed by atoms with E-state index in [0.29, 0.717) is 18.0 Å². The molecule has 2 aromatic rings. The first-order valence-corrected chi connectivity index (χ1v) is 10.6. The van der Waals surface area contributed by atoms with Crippen molar-refractivity contribution < 1.29 is 9.59 Å². The van der Waals surface area contributed by atoms with E-state index >= 15 is 0 Å². The lowest BCUT2D eigenvalue weighted by atomic mass is 9.89. The number of thiocarbonyl (C=S) groups is 1. The second-order valence-electron chi connectivity index (χ2n) is 7.39. The number of carbonyl (C=O) groups excluding carboxylic acids is 2. The van der Waals surface area contributed by atoms with E-state index in [2.05, 4.69) is 16.0 Å². The Morgan fingerprint density at radius 3 is 2.14 bits per heavy atom. The van der Waals surface area contributed by atoms with Gasteiger partial charge in [-0.3, -0.25) is 9.59 Å². The molecule has 0 radical (unpaired) electrons. The molecule has 0 saturated heterocycles. The summed E-state index contributed by atoms with van der Waals surface area (Å²) in [6.07, 6.45) is 6.44. The van der Waals surface area contributed by atoms with Gasteiger partial charge in [0.15, 0.2) is 5.11 Å². The van der Waals surface area contributed by atoms with Gasteiger partial charge in [-0.05, 0) is 61.3 Å². The van der Waals surface area contributed by atoms with Gasteiger partial charge >= 0.3 is 0 Å². The van der Waals surface area contributed by atoms with Crippen molar-refractivity contribution >= 4 is 40.5 Å². The highest BCUT2D eigenvalue weighted by Gasteiger charge is 2.21. The number of hydrogen-bond donors (Lipinski definition) is 3. The smallest absolute Gasteiger partial charge is 0.229 e. The molecular weight excluding hydrogens is 382 g/mol. The summed E-state index contributed by atoms with van der Waals surface area (Å²) in [4.78, 5) is 24.4. The van der Waals surface area contributed by atoms with Crippen molar-refractivity contribution in [3.63, 3.8) is 0 Å². The van der Waals surface area contributed by atoms with Gasteiger partial charge in [0.2, 0.25) is 11.8 Å². The number of nitrogens with one attached hydrogen (secondary N) is 3. The van der Waals surface area contributed by atoms with Crippen molar-refractivity contribution in [2.45, 2.75) is 44.9 Å². The molecule has 0 heterocycles. The van der Waals surface area contributed by atoms with Crippen LogP contribution in [0.15, 0.2) is 54.6 Å². The van der Waals surface area contributed by atoms with Crippen LogP contribution >= 0.6 is 12.2 Å². The van der Waals surface area contributed by atoms with E-state index in [4.69, 9.17) is 12.2 Å². The Morgan fingerprint density at radius 2 is 1.48 bits per heavy atom. The van der Waals surface area contributed by atoms with E-state index in [9.17, 15) is 9.59 Å². The first kappa shape index (κ1) is 21.0. The molecule has 5 nitrogen and oxygen atoms in total. The first-order valence-electron chi connectivity index (χ1n) is 10.2. The number of carbonyl (C=O) groups is 2. The third-order valence-electron chi connectivity index (χ3n) is 5.12. The molecule has 0 unspecified atom stereocenters. The van der Waals surface area contributed by atoms with Crippen molar-refractivity contribution in [1.82, 2.24) is 5.32 Å². The van der Waals surface area contributed by atoms with E-state index in [1.54, 1.807) is 0 Å². The number of hydrogen-bond acceptors (Lipinski definition) is 3. The predicted molar refractivity (Wildman–Crippen MR) is 121 cm³/mol. The average molecular weight is 410 g/mol. The third-order valence-corrected chi connectivity index (χ3v) is 5.33. The molecule has 3 rings (SSSR count). The molecule has 0 atom stereocenters. The van der Waals surface area contributed by atoms with E-state index in [1.807, 2.05) is 54.6 Å². The number of anilines is 2. The van der Waals surface area contributed by atoms with Gasteiger partial charge in [-0.1, -0.05) is 49.6 Å². The highest BCUT2D eigenvalue weighted by molar-refractivity contribution is 7.80. The molecular formula is C23H27N3O2S. The fraction of sp³-hybridized carbons (Fsp3) is 0.348. The summed E-state index contributed by atoms with van der Waals surface area (Å²) in [5.74, 6) is 0.0475. The normalized spacial score (nSPS) is 14.1. The summed E-state index contributed by atoms with van der Waals surface area (Å²) in [7, 11) is 0. The zero-order valence-electron chi connectivity index (χ0n) is 16.4. The number of aryl methyl sites for hydroxylation is 1. The van der Waals surface area contributed by atoms with E-state index in [-0.39, 0.29) is 17.7 Å². The zero-order valence-corrected chi connectivity index (χ0v) is 17.3. The SMILES string of the molecule is O=C(CCc1ccccc1)Nc1ccc(NC(=S)NC(=O)C2CCCCC2)cc1. The standard InChI is InChI=1S/C23H27N3O2S/c27-21(16-11-17-7-3-1-4-8-17)24-19-12-14-20(15-13-19)25-23(29)26-22(28)18-9-5-2-6-10-18/h1,3-4,7-8,12-15,18H,2,5-6,9-11,16H2,(H,24,27)(H2,25,26,28,29). The predicted octanol–water partition coefficient (Wildman–Crippen LogP) is 4.65. The minimum Gasteiger partial charge on any atom is -0.332 e. The van der Waals surface area contributed by atoms with Gasteiger partial charge in [0.1, 0.15) is 0 Å². The molecule has 0 spiro atoms. The number of rotatable bonds is 6. The Bertz CT molecular complexity index is 831. The van der Waals surface area contributed by atoms with Gasteiger partial charge in [-0.15, -0.1) is 0 Å². The van der Waals surface area contributed by atoms with Crippen molar-refractivity contribution in [3.8, 4) is 0 Å². The second-order valence-corrected chi connectivity index (χ2v) is 7.80. The molecule has 1 saturated carbocycles. The lowest BCUT2D eigenvalue weighted by molar-refractivity contribution is -0.124. The lowest BCUT2D eigenvalue weighted by Crippen LogP contribution is -2.38. The minimum atomic E-state index is -0.0233. The van der Waals surface area contributed by atoms with Crippen molar-refractivity contribution in [2.75, 3.05) is 10.6 Å². The van der Waals surface area contributed by atoms with Crippen LogP contribution in [-0.4, -0.2) is 16.9 Å². The summed E-state index contributed by atoms with van der Waals surface area (Å²) < 4.78 is 0. The highest BCUT2D eigenvalue weighted by Crippen LogP contribution is 2.23. The molecule has 0 aromatic heterocycles. The van der Waals surface area contributed by atoms with E-state index < -0.39 is 0 Å². The Hall–Kier alpha value is -2.73. The van der Waals surface area contributed by atoms with Gasteiger partial charge in [0.25, 0.3) is 0 Å². The van der Waals surface area contributed by atoms with Crippen LogP contribution in [0.5, 0.6) is 0 Å². The molecule has 1 aliphatic rings. The monoisotopic (exact) mass is 409 g/mol. The third kappa shape index (κ3) is 6.98. The summed E-state index contributed by atoms with van der Waals surface area (Å²) >= 11 is 5.25. The summed E-state index contributed by atoms with van der Waals surface area (Å²) in [5, 5.41) is 9.02. The summed E-state index contributed by atoms with van der Waals surface area (Å²) in [5.41, 5.74) is 2.64. The van der Waals surface area contributed by atoms with Gasteiger partial charge in [0, 0.05) is 23.7 Å². The molecule has 29 heavy (non-hydrogen) atoms. The van der Waals surface area contributed by atoms with Crippen LogP contribution in [0, 0.1) is 5.92 Å². The van der Waals surface area contributed by atoms with Gasteiger partial charge < -0.3 is 16.0 Å². The van der Waals surface area contributed by atoms with Gasteiger partial charge in [-0.2, -0.15) is 0 Å².